The van der Waals surface area contributed by atoms with E-state index in [-0.39, 0.29) is 39.1 Å². The van der Waals surface area contributed by atoms with Crippen LogP contribution in [0.3, 0.4) is 0 Å². The van der Waals surface area contributed by atoms with E-state index in [0.29, 0.717) is 0 Å². The number of esters is 1. The Hall–Kier alpha value is -8.22. The van der Waals surface area contributed by atoms with Crippen molar-refractivity contribution >= 4 is 51.7 Å². The summed E-state index contributed by atoms with van der Waals surface area (Å²) in [5.74, 6) is -12.1. The number of anilines is 1. The van der Waals surface area contributed by atoms with Gasteiger partial charge in [-0.05, 0) is 57.0 Å². The Labute approximate surface area is 406 Å². The molecule has 2 aromatic heterocycles. The minimum absolute atomic E-state index is 0.0464. The average Bonchev–Trinajstić information content (AvgIpc) is 3.33. The molecule has 0 radical (unpaired) electrons. The number of carbonyl (C=O) groups excluding carboxylic acids is 6. The van der Waals surface area contributed by atoms with Crippen LogP contribution in [0.1, 0.15) is 98.7 Å². The number of aryl methyl sites for hydroxylation is 1. The van der Waals surface area contributed by atoms with Gasteiger partial charge >= 0.3 is 11.6 Å². The topological polar surface area (TPSA) is 349 Å². The van der Waals surface area contributed by atoms with Gasteiger partial charge in [-0.1, -0.05) is 13.0 Å². The Bertz CT molecular complexity index is 3210. The van der Waals surface area contributed by atoms with Gasteiger partial charge in [0.25, 0.3) is 11.4 Å². The van der Waals surface area contributed by atoms with Crippen LogP contribution in [0.2, 0.25) is 0 Å². The summed E-state index contributed by atoms with van der Waals surface area (Å²) < 4.78 is 39.3. The summed E-state index contributed by atoms with van der Waals surface area (Å²) in [4.78, 5) is 114. The minimum Gasteiger partial charge on any atom is -0.507 e. The molecular weight excluding hydrogens is 953 g/mol. The lowest BCUT2D eigenvalue weighted by atomic mass is 9.82. The van der Waals surface area contributed by atoms with Crippen molar-refractivity contribution in [1.82, 2.24) is 10.3 Å². The molecule has 24 nitrogen and oxygen atoms in total. The number of nitro groups is 1. The summed E-state index contributed by atoms with van der Waals surface area (Å²) in [6, 6.07) is 6.06. The van der Waals surface area contributed by atoms with Crippen molar-refractivity contribution < 1.29 is 87.0 Å². The van der Waals surface area contributed by atoms with Gasteiger partial charge in [0.2, 0.25) is 23.6 Å². The first-order valence-corrected chi connectivity index (χ1v) is 22.0. The van der Waals surface area contributed by atoms with Gasteiger partial charge in [0.1, 0.15) is 34.6 Å². The van der Waals surface area contributed by atoms with Crippen LogP contribution in [-0.2, 0) is 23.7 Å². The van der Waals surface area contributed by atoms with Gasteiger partial charge in [0.15, 0.2) is 58.0 Å². The minimum atomic E-state index is -2.40. The number of phenolic OH excluding ortho intramolecular Hbond substituents is 1. The molecule has 1 saturated heterocycles. The molecule has 8 rings (SSSR count). The molecule has 378 valence electrons. The number of hydrogen-bond acceptors (Lipinski definition) is 22. The molecule has 1 fully saturated rings. The third-order valence-corrected chi connectivity index (χ3v) is 13.1. The number of benzene rings is 2. The number of ether oxygens (including phenoxy) is 6. The Morgan fingerprint density at radius 2 is 1.67 bits per heavy atom. The van der Waals surface area contributed by atoms with Gasteiger partial charge < -0.3 is 63.9 Å². The maximum absolute atomic E-state index is 14.5. The van der Waals surface area contributed by atoms with Gasteiger partial charge in [0, 0.05) is 42.6 Å². The number of methoxy groups -OCH3 is 2. The zero-order chi connectivity index (χ0) is 52.6. The highest BCUT2D eigenvalue weighted by atomic mass is 16.7. The monoisotopic (exact) mass is 998 g/mol. The molecule has 0 spiro atoms. The van der Waals surface area contributed by atoms with Crippen molar-refractivity contribution in [3.05, 3.63) is 108 Å². The molecule has 2 aromatic carbocycles. The van der Waals surface area contributed by atoms with Gasteiger partial charge in [-0.15, -0.1) is 0 Å². The Morgan fingerprint density at radius 1 is 0.958 bits per heavy atom. The van der Waals surface area contributed by atoms with E-state index in [9.17, 15) is 64.1 Å². The molecule has 0 saturated carbocycles. The molecular formula is C48H46N4O20. The number of aromatic nitrogens is 1. The molecule has 6 N–H and O–H groups in total. The predicted octanol–water partition coefficient (Wildman–Crippen LogP) is 3.34. The second-order valence-corrected chi connectivity index (χ2v) is 18.1. The molecule has 5 heterocycles. The molecule has 3 aliphatic heterocycles. The second kappa shape index (κ2) is 18.2. The summed E-state index contributed by atoms with van der Waals surface area (Å²) in [6.45, 7) is 7.34. The number of allylic oxidation sites excluding steroid dienone is 3. The van der Waals surface area contributed by atoms with Gasteiger partial charge in [-0.25, -0.2) is 14.6 Å². The summed E-state index contributed by atoms with van der Waals surface area (Å²) in [5, 5.41) is 63.2. The van der Waals surface area contributed by atoms with Crippen LogP contribution in [0.5, 0.6) is 28.7 Å². The number of aromatic hydroxyl groups is 3. The van der Waals surface area contributed by atoms with Gasteiger partial charge in [-0.3, -0.25) is 34.1 Å². The number of amides is 1. The molecule has 1 aliphatic carbocycles. The Morgan fingerprint density at radius 3 is 2.33 bits per heavy atom. The molecule has 4 aliphatic rings. The fourth-order valence-corrected chi connectivity index (χ4v) is 9.28. The predicted molar refractivity (Wildman–Crippen MR) is 244 cm³/mol. The zero-order valence-electron chi connectivity index (χ0n) is 39.6. The SMILES string of the molecule is COc1ccc2c(O)c(NC(=O)c3cc(O[C@H]4C[C@@](C)([N+](=O)[O-])[C@H](OC)[C@H](C)O4)c(O)c(C(=O)O[C@@H]4C(C)/C=C(\C)C(=O)c5c(O)c(C)cc6c5C(=O)C5=C(NC[C@@](C)(O5)C(=O)[C@H]4O)C6=O)n3)c(=O)oc2c1. The van der Waals surface area contributed by atoms with Crippen molar-refractivity contribution in [2.24, 2.45) is 5.92 Å². The molecule has 8 atom stereocenters. The summed E-state index contributed by atoms with van der Waals surface area (Å²) in [6.07, 6.45) is -7.53. The molecule has 3 bridgehead atoms. The van der Waals surface area contributed by atoms with E-state index >= 15 is 0 Å². The van der Waals surface area contributed by atoms with Crippen LogP contribution in [0, 0.1) is 23.0 Å². The lowest BCUT2D eigenvalue weighted by Crippen LogP contribution is -2.60. The number of ketones is 4. The number of pyridine rings is 1. The number of aliphatic hydroxyl groups excluding tert-OH is 1. The summed E-state index contributed by atoms with van der Waals surface area (Å²) in [5.41, 5.74) is -10.0. The van der Waals surface area contributed by atoms with E-state index in [1.165, 1.54) is 80.0 Å². The van der Waals surface area contributed by atoms with Crippen molar-refractivity contribution in [1.29, 1.82) is 0 Å². The van der Waals surface area contributed by atoms with Crippen LogP contribution in [-0.4, -0.2) is 128 Å². The van der Waals surface area contributed by atoms with E-state index in [0.717, 1.165) is 12.1 Å². The number of Topliss-reactive ketones (excluding diaryl/α,β-unsaturated/α-hetero) is 4. The van der Waals surface area contributed by atoms with Gasteiger partial charge in [0.05, 0.1) is 42.7 Å². The molecule has 72 heavy (non-hydrogen) atoms. The second-order valence-electron chi connectivity index (χ2n) is 18.1. The van der Waals surface area contributed by atoms with E-state index in [1.54, 1.807) is 0 Å². The van der Waals surface area contributed by atoms with Crippen LogP contribution in [0.15, 0.2) is 62.6 Å². The fourth-order valence-electron chi connectivity index (χ4n) is 9.28. The first-order chi connectivity index (χ1) is 33.8. The maximum atomic E-state index is 14.5. The number of nitrogens with one attached hydrogen (secondary N) is 2. The zero-order valence-corrected chi connectivity index (χ0v) is 39.6. The highest BCUT2D eigenvalue weighted by molar-refractivity contribution is 6.31. The first kappa shape index (κ1) is 50.2. The quantitative estimate of drug-likeness (QED) is 0.0606. The highest BCUT2D eigenvalue weighted by Gasteiger charge is 2.56. The third kappa shape index (κ3) is 8.21. The number of nitrogens with zero attached hydrogens (tertiary/aromatic N) is 2. The van der Waals surface area contributed by atoms with Crippen molar-refractivity contribution in [2.45, 2.75) is 89.8 Å². The summed E-state index contributed by atoms with van der Waals surface area (Å²) in [7, 11) is 2.59. The standard InChI is InChI=1S/C48H46N4O20/c1-17-11-19(3)40(39(59)42(60)48(6)16-49-30-36(56)23-12-18(2)34(54)29(33(17)53)28(23)38(58)41(30)72-48)71-46(63)32-37(57)26(69-27-15-47(5,52(64)65)43(67-8)20(4)68-27)14-24(50-32)44(61)51-31-35(55)22-10-9-21(66-7)13-25(22)70-45(31)62/h9-14,19-20,27,39-40,43,49,54-55,57,59H,15-16H2,1-8H3,(H,51,61)/b17-11+/t19?,20-,27-,39-,40+,43+,47+,48+/m0/s1. The molecule has 1 unspecified atom stereocenters. The first-order valence-electron chi connectivity index (χ1n) is 22.0. The van der Waals surface area contributed by atoms with E-state index in [4.69, 9.17) is 32.8 Å². The lowest BCUT2D eigenvalue weighted by Gasteiger charge is -2.40. The van der Waals surface area contributed by atoms with Crippen LogP contribution >= 0.6 is 0 Å². The largest absolute Gasteiger partial charge is 0.507 e. The number of hydrogen-bond donors (Lipinski definition) is 6. The number of rotatable bonds is 9. The normalized spacial score (nSPS) is 26.8. The van der Waals surface area contributed by atoms with E-state index < -0.39 is 163 Å². The number of aliphatic hydroxyl groups is 1. The van der Waals surface area contributed by atoms with Crippen molar-refractivity contribution in [2.75, 3.05) is 26.1 Å². The van der Waals surface area contributed by atoms with Crippen LogP contribution in [0.25, 0.3) is 11.0 Å². The highest BCUT2D eigenvalue weighted by Crippen LogP contribution is 2.42. The van der Waals surface area contributed by atoms with Crippen LogP contribution in [0.4, 0.5) is 5.69 Å². The van der Waals surface area contributed by atoms with E-state index in [1.807, 2.05) is 0 Å². The van der Waals surface area contributed by atoms with Crippen molar-refractivity contribution in [3.63, 3.8) is 0 Å². The fraction of sp³-hybridized carbons (Fsp3) is 0.375. The lowest BCUT2D eigenvalue weighted by molar-refractivity contribution is -0.593. The Kier molecular flexibility index (Phi) is 12.7. The smallest absolute Gasteiger partial charge is 0.364 e. The third-order valence-electron chi connectivity index (χ3n) is 13.1. The Balaban J connectivity index is 1.22. The molecule has 24 heteroatoms. The maximum Gasteiger partial charge on any atom is 0.364 e. The number of phenols is 1. The van der Waals surface area contributed by atoms with E-state index in [2.05, 4.69) is 15.6 Å². The van der Waals surface area contributed by atoms with Crippen molar-refractivity contribution in [3.8, 4) is 28.7 Å². The van der Waals surface area contributed by atoms with Gasteiger partial charge in [-0.2, -0.15) is 0 Å². The number of carbonyl (C=O) groups is 6. The van der Waals surface area contributed by atoms with Crippen LogP contribution < -0.4 is 25.7 Å². The molecule has 4 aromatic rings. The number of fused-ring (bicyclic) bond motifs is 2. The summed E-state index contributed by atoms with van der Waals surface area (Å²) >= 11 is 0. The average molecular weight is 999 g/mol. The molecule has 1 amide bonds.